The van der Waals surface area contributed by atoms with Gasteiger partial charge in [0.2, 0.25) is 0 Å². The van der Waals surface area contributed by atoms with Gasteiger partial charge in [-0.1, -0.05) is 58.5 Å². The minimum absolute atomic E-state index is 0.225. The Morgan fingerprint density at radius 2 is 1.96 bits per heavy atom. The van der Waals surface area contributed by atoms with Crippen molar-refractivity contribution in [2.75, 3.05) is 0 Å². The van der Waals surface area contributed by atoms with E-state index in [0.29, 0.717) is 16.6 Å². The van der Waals surface area contributed by atoms with Gasteiger partial charge in [-0.25, -0.2) is 4.79 Å². The van der Waals surface area contributed by atoms with Crippen molar-refractivity contribution >= 4 is 66.4 Å². The molecule has 3 rings (SSSR count). The molecule has 132 valence electrons. The van der Waals surface area contributed by atoms with E-state index in [-0.39, 0.29) is 10.6 Å². The molecular weight excluding hydrogens is 482 g/mol. The third-order valence-corrected chi connectivity index (χ3v) is 4.82. The van der Waals surface area contributed by atoms with Crippen molar-refractivity contribution in [3.8, 4) is 0 Å². The number of hydrogen-bond acceptors (Lipinski definition) is 4. The topological polar surface area (TPSA) is 66.6 Å². The van der Waals surface area contributed by atoms with E-state index in [9.17, 15) is 4.79 Å². The van der Waals surface area contributed by atoms with Gasteiger partial charge < -0.3 is 4.42 Å². The fraction of sp³-hybridized carbons (Fsp3) is 0.0556. The van der Waals surface area contributed by atoms with Crippen LogP contribution in [0, 0.1) is 0 Å². The summed E-state index contributed by atoms with van der Waals surface area (Å²) in [7, 11) is 0. The standard InChI is InChI=1S/C18H13Br2N3O2S/c19-13-6-12-7-14(18(24)25-16(12)15(20)8-13)17(26)23-22-10-21-9-11-4-2-1-3-5-11/h1-8,10H,9H2,(H,21,22)(H,23,26). The molecule has 0 amide bonds. The molecule has 0 saturated heterocycles. The van der Waals surface area contributed by atoms with E-state index >= 15 is 0 Å². The lowest BCUT2D eigenvalue weighted by atomic mass is 10.2. The molecule has 0 unspecified atom stereocenters. The molecule has 2 N–H and O–H groups in total. The molecule has 0 fully saturated rings. The summed E-state index contributed by atoms with van der Waals surface area (Å²) < 4.78 is 6.93. The second kappa shape index (κ2) is 8.57. The number of rotatable bonds is 5. The average molecular weight is 495 g/mol. The highest BCUT2D eigenvalue weighted by atomic mass is 79.9. The van der Waals surface area contributed by atoms with Crippen molar-refractivity contribution in [2.24, 2.45) is 4.99 Å². The predicted octanol–water partition coefficient (Wildman–Crippen LogP) is 4.32. The van der Waals surface area contributed by atoms with Crippen molar-refractivity contribution in [3.63, 3.8) is 0 Å². The summed E-state index contributed by atoms with van der Waals surface area (Å²) >= 11 is 12.1. The highest BCUT2D eigenvalue weighted by molar-refractivity contribution is 9.11. The fourth-order valence-electron chi connectivity index (χ4n) is 2.26. The second-order valence-corrected chi connectivity index (χ2v) is 7.49. The predicted molar refractivity (Wildman–Crippen MR) is 114 cm³/mol. The minimum atomic E-state index is -0.513. The minimum Gasteiger partial charge on any atom is -0.421 e. The Morgan fingerprint density at radius 1 is 1.19 bits per heavy atom. The van der Waals surface area contributed by atoms with Gasteiger partial charge in [0.1, 0.15) is 11.3 Å². The summed E-state index contributed by atoms with van der Waals surface area (Å²) in [5.41, 5.74) is 6.86. The van der Waals surface area contributed by atoms with E-state index in [1.54, 1.807) is 6.07 Å². The summed E-state index contributed by atoms with van der Waals surface area (Å²) in [5.74, 6) is 0. The van der Waals surface area contributed by atoms with Crippen LogP contribution in [-0.2, 0) is 6.54 Å². The zero-order chi connectivity index (χ0) is 18.5. The van der Waals surface area contributed by atoms with Gasteiger partial charge in [0.25, 0.3) is 0 Å². The molecule has 5 nitrogen and oxygen atoms in total. The molecule has 1 aromatic heterocycles. The third-order valence-electron chi connectivity index (χ3n) is 3.45. The van der Waals surface area contributed by atoms with Gasteiger partial charge in [-0.3, -0.25) is 15.8 Å². The number of nitrogens with one attached hydrogen (secondary N) is 2. The summed E-state index contributed by atoms with van der Waals surface area (Å²) in [5, 5.41) is 0.753. The molecule has 1 heterocycles. The molecule has 0 aliphatic heterocycles. The van der Waals surface area contributed by atoms with E-state index in [1.165, 1.54) is 6.34 Å². The van der Waals surface area contributed by atoms with Gasteiger partial charge in [0, 0.05) is 9.86 Å². The molecule has 0 spiro atoms. The normalized spacial score (nSPS) is 11.0. The van der Waals surface area contributed by atoms with Crippen LogP contribution in [0.5, 0.6) is 0 Å². The van der Waals surface area contributed by atoms with Crippen LogP contribution in [0.15, 0.2) is 71.7 Å². The molecule has 0 aliphatic carbocycles. The average Bonchev–Trinajstić information content (AvgIpc) is 2.62. The van der Waals surface area contributed by atoms with Crippen molar-refractivity contribution in [1.29, 1.82) is 0 Å². The first-order valence-corrected chi connectivity index (χ1v) is 9.55. The van der Waals surface area contributed by atoms with Gasteiger partial charge in [-0.2, -0.15) is 0 Å². The van der Waals surface area contributed by atoms with Crippen LogP contribution in [0.1, 0.15) is 11.1 Å². The fourth-order valence-corrected chi connectivity index (χ4v) is 3.80. The molecule has 0 bridgehead atoms. The van der Waals surface area contributed by atoms with Crippen LogP contribution in [0.4, 0.5) is 0 Å². The lowest BCUT2D eigenvalue weighted by Crippen LogP contribution is -2.37. The van der Waals surface area contributed by atoms with Gasteiger partial charge >= 0.3 is 5.63 Å². The molecule has 0 aliphatic rings. The number of aliphatic imine (C=N–C) groups is 1. The molecule has 2 aromatic carbocycles. The van der Waals surface area contributed by atoms with Crippen molar-refractivity contribution in [1.82, 2.24) is 10.9 Å². The highest BCUT2D eigenvalue weighted by Gasteiger charge is 2.12. The maximum atomic E-state index is 12.2. The van der Waals surface area contributed by atoms with Crippen LogP contribution in [0.25, 0.3) is 11.0 Å². The molecule has 3 aromatic rings. The van der Waals surface area contributed by atoms with E-state index < -0.39 is 5.63 Å². The Hall–Kier alpha value is -2.03. The number of nitrogens with zero attached hydrogens (tertiary/aromatic N) is 1. The number of fused-ring (bicyclic) bond motifs is 1. The van der Waals surface area contributed by atoms with Crippen molar-refractivity contribution in [3.05, 3.63) is 79.0 Å². The number of thiocarbonyl (C=S) groups is 1. The summed E-state index contributed by atoms with van der Waals surface area (Å²) in [6, 6.07) is 15.2. The Morgan fingerprint density at radius 3 is 2.73 bits per heavy atom. The van der Waals surface area contributed by atoms with Crippen LogP contribution >= 0.6 is 44.1 Å². The molecule has 8 heteroatoms. The highest BCUT2D eigenvalue weighted by Crippen LogP contribution is 2.27. The summed E-state index contributed by atoms with van der Waals surface area (Å²) in [6.45, 7) is 0.544. The quantitative estimate of drug-likeness (QED) is 0.182. The van der Waals surface area contributed by atoms with Gasteiger partial charge in [-0.05, 0) is 39.7 Å². The van der Waals surface area contributed by atoms with Crippen LogP contribution in [0.2, 0.25) is 0 Å². The summed E-state index contributed by atoms with van der Waals surface area (Å²) in [6.07, 6.45) is 1.50. The smallest absolute Gasteiger partial charge is 0.346 e. The third kappa shape index (κ3) is 4.57. The molecular formula is C18H13Br2N3O2S. The molecule has 26 heavy (non-hydrogen) atoms. The van der Waals surface area contributed by atoms with E-state index in [4.69, 9.17) is 16.6 Å². The first-order chi connectivity index (χ1) is 12.5. The zero-order valence-electron chi connectivity index (χ0n) is 13.3. The molecule has 0 radical (unpaired) electrons. The largest absolute Gasteiger partial charge is 0.421 e. The Kier molecular flexibility index (Phi) is 6.18. The second-order valence-electron chi connectivity index (χ2n) is 5.31. The van der Waals surface area contributed by atoms with Gasteiger partial charge in [-0.15, -0.1) is 0 Å². The SMILES string of the molecule is O=c1oc2c(Br)cc(Br)cc2cc1C(=S)NNC=NCc1ccccc1. The van der Waals surface area contributed by atoms with Crippen molar-refractivity contribution < 1.29 is 4.42 Å². The number of halogens is 2. The maximum Gasteiger partial charge on any atom is 0.346 e. The first-order valence-electron chi connectivity index (χ1n) is 7.55. The number of hydrazine groups is 1. The Labute approximate surface area is 171 Å². The molecule has 0 atom stereocenters. The lowest BCUT2D eigenvalue weighted by Gasteiger charge is -2.08. The zero-order valence-corrected chi connectivity index (χ0v) is 17.3. The first kappa shape index (κ1) is 18.8. The van der Waals surface area contributed by atoms with E-state index in [2.05, 4.69) is 47.7 Å². The van der Waals surface area contributed by atoms with E-state index in [1.807, 2.05) is 42.5 Å². The van der Waals surface area contributed by atoms with Crippen molar-refractivity contribution in [2.45, 2.75) is 6.54 Å². The van der Waals surface area contributed by atoms with Crippen LogP contribution < -0.4 is 16.5 Å². The number of hydrogen-bond donors (Lipinski definition) is 2. The Balaban J connectivity index is 1.68. The number of benzene rings is 2. The summed E-state index contributed by atoms with van der Waals surface area (Å²) in [4.78, 5) is 16.7. The van der Waals surface area contributed by atoms with Gasteiger partial charge in [0.15, 0.2) is 5.58 Å². The van der Waals surface area contributed by atoms with Crippen LogP contribution in [-0.4, -0.2) is 11.3 Å². The van der Waals surface area contributed by atoms with E-state index in [0.717, 1.165) is 15.4 Å². The monoisotopic (exact) mass is 493 g/mol. The molecule has 0 saturated carbocycles. The maximum absolute atomic E-state index is 12.2. The van der Waals surface area contributed by atoms with Gasteiger partial charge in [0.05, 0.1) is 16.6 Å². The van der Waals surface area contributed by atoms with Crippen LogP contribution in [0.3, 0.4) is 0 Å². The Bertz CT molecular complexity index is 1040. The lowest BCUT2D eigenvalue weighted by molar-refractivity contribution is 0.557.